The Morgan fingerprint density at radius 1 is 1.25 bits per heavy atom. The summed E-state index contributed by atoms with van der Waals surface area (Å²) in [6.45, 7) is 2.14. The molecule has 1 radical (unpaired) electrons. The zero-order valence-corrected chi connectivity index (χ0v) is 6.53. The van der Waals surface area contributed by atoms with Gasteiger partial charge in [-0.05, 0) is 12.1 Å². The second kappa shape index (κ2) is 2.85. The van der Waals surface area contributed by atoms with Crippen molar-refractivity contribution in [2.75, 3.05) is 11.6 Å². The van der Waals surface area contributed by atoms with E-state index in [1.54, 1.807) is 6.54 Å². The van der Waals surface area contributed by atoms with Crippen LogP contribution in [0.4, 0.5) is 5.69 Å². The van der Waals surface area contributed by atoms with E-state index in [4.69, 9.17) is 0 Å². The first kappa shape index (κ1) is 7.16. The topological polar surface area (TPSA) is 32.3 Å². The molecule has 1 saturated heterocycles. The fourth-order valence-corrected chi connectivity index (χ4v) is 1.18. The van der Waals surface area contributed by atoms with Crippen LogP contribution in [0.25, 0.3) is 0 Å². The van der Waals surface area contributed by atoms with Crippen LogP contribution in [0.15, 0.2) is 30.3 Å². The van der Waals surface area contributed by atoms with Crippen molar-refractivity contribution in [2.45, 2.75) is 0 Å². The Kier molecular flexibility index (Phi) is 1.70. The van der Waals surface area contributed by atoms with Crippen molar-refractivity contribution < 1.29 is 4.79 Å². The van der Waals surface area contributed by atoms with Gasteiger partial charge < -0.3 is 10.2 Å². The number of para-hydroxylation sites is 1. The van der Waals surface area contributed by atoms with Crippen molar-refractivity contribution in [1.29, 1.82) is 0 Å². The average Bonchev–Trinajstić information content (AvgIpc) is 2.54. The van der Waals surface area contributed by atoms with Crippen molar-refractivity contribution in [2.24, 2.45) is 0 Å². The van der Waals surface area contributed by atoms with E-state index in [1.807, 2.05) is 35.2 Å². The lowest BCUT2D eigenvalue weighted by molar-refractivity contribution is -0.116. The van der Waals surface area contributed by atoms with Gasteiger partial charge in [0, 0.05) is 5.69 Å². The predicted molar refractivity (Wildman–Crippen MR) is 46.2 cm³/mol. The van der Waals surface area contributed by atoms with Crippen molar-refractivity contribution in [1.82, 2.24) is 5.32 Å². The molecule has 1 aliphatic rings. The second-order valence-electron chi connectivity index (χ2n) is 2.63. The second-order valence-corrected chi connectivity index (χ2v) is 2.63. The molecule has 12 heavy (non-hydrogen) atoms. The molecule has 1 fully saturated rings. The number of amides is 1. The maximum absolute atomic E-state index is 10.8. The van der Waals surface area contributed by atoms with Crippen LogP contribution >= 0.6 is 0 Å². The van der Waals surface area contributed by atoms with Gasteiger partial charge in [-0.3, -0.25) is 4.79 Å². The van der Waals surface area contributed by atoms with Gasteiger partial charge in [0.15, 0.2) is 0 Å². The van der Waals surface area contributed by atoms with Crippen LogP contribution in [-0.2, 0) is 4.79 Å². The monoisotopic (exact) mass is 161 g/mol. The van der Waals surface area contributed by atoms with E-state index in [0.29, 0.717) is 6.67 Å². The summed E-state index contributed by atoms with van der Waals surface area (Å²) in [6, 6.07) is 9.79. The zero-order valence-electron chi connectivity index (χ0n) is 6.53. The molecule has 1 aromatic carbocycles. The Morgan fingerprint density at radius 3 is 2.58 bits per heavy atom. The molecular weight excluding hydrogens is 152 g/mol. The first-order valence-corrected chi connectivity index (χ1v) is 3.81. The van der Waals surface area contributed by atoms with Crippen molar-refractivity contribution in [3.63, 3.8) is 0 Å². The minimum Gasteiger partial charge on any atom is -0.339 e. The summed E-state index contributed by atoms with van der Waals surface area (Å²) in [5.74, 6) is -0.0288. The lowest BCUT2D eigenvalue weighted by atomic mass is 10.3. The molecule has 0 spiro atoms. The summed E-state index contributed by atoms with van der Waals surface area (Å²) < 4.78 is 0. The van der Waals surface area contributed by atoms with Gasteiger partial charge in [-0.25, -0.2) is 0 Å². The Bertz CT molecular complexity index is 284. The Morgan fingerprint density at radius 2 is 2.00 bits per heavy atom. The van der Waals surface area contributed by atoms with Gasteiger partial charge in [0.25, 0.3) is 0 Å². The van der Waals surface area contributed by atoms with Crippen molar-refractivity contribution >= 4 is 11.6 Å². The minimum atomic E-state index is -0.0288. The quantitative estimate of drug-likeness (QED) is 0.659. The third-order valence-corrected chi connectivity index (χ3v) is 1.78. The number of carbonyl (C=O) groups excluding carboxylic acids is 1. The van der Waals surface area contributed by atoms with Gasteiger partial charge in [-0.15, -0.1) is 0 Å². The van der Waals surface area contributed by atoms with Gasteiger partial charge >= 0.3 is 0 Å². The van der Waals surface area contributed by atoms with Crippen molar-refractivity contribution in [3.8, 4) is 0 Å². The maximum Gasteiger partial charge on any atom is 0.246 e. The number of hydrogen-bond donors (Lipinski definition) is 1. The summed E-state index contributed by atoms with van der Waals surface area (Å²) in [5.41, 5.74) is 1.04. The maximum atomic E-state index is 10.8. The van der Waals surface area contributed by atoms with E-state index in [-0.39, 0.29) is 5.91 Å². The summed E-state index contributed by atoms with van der Waals surface area (Å²) in [7, 11) is 0. The summed E-state index contributed by atoms with van der Waals surface area (Å²) in [4.78, 5) is 12.7. The average molecular weight is 161 g/mol. The fraction of sp³-hybridized carbons (Fsp3) is 0.111. The number of nitrogens with zero attached hydrogens (tertiary/aromatic N) is 1. The number of hydrogen-bond acceptors (Lipinski definition) is 2. The van der Waals surface area contributed by atoms with E-state index in [1.165, 1.54) is 0 Å². The summed E-state index contributed by atoms with van der Waals surface area (Å²) >= 11 is 0. The number of benzene rings is 1. The third-order valence-electron chi connectivity index (χ3n) is 1.78. The van der Waals surface area contributed by atoms with Gasteiger partial charge in [0.2, 0.25) is 5.91 Å². The Labute approximate surface area is 71.0 Å². The van der Waals surface area contributed by atoms with Crippen LogP contribution in [0.1, 0.15) is 0 Å². The lowest BCUT2D eigenvalue weighted by Crippen LogP contribution is -2.19. The molecule has 0 bridgehead atoms. The molecule has 3 nitrogen and oxygen atoms in total. The molecule has 2 rings (SSSR count). The van der Waals surface area contributed by atoms with Crippen LogP contribution in [0.3, 0.4) is 0 Å². The fourth-order valence-electron chi connectivity index (χ4n) is 1.18. The van der Waals surface area contributed by atoms with Crippen LogP contribution < -0.4 is 10.2 Å². The number of nitrogens with one attached hydrogen (secondary N) is 1. The Hall–Kier alpha value is -1.51. The largest absolute Gasteiger partial charge is 0.339 e. The Balaban J connectivity index is 2.16. The molecule has 1 N–H and O–H groups in total. The molecule has 61 valence electrons. The number of carbonyl (C=O) groups is 1. The molecule has 1 amide bonds. The SMILES string of the molecule is O=C1[CH]N(c2ccccc2)CN1. The standard InChI is InChI=1S/C9H9N2O/c12-9-6-11(7-10-9)8-4-2-1-3-5-8/h1-6H,7H2,(H,10,12). The normalized spacial score (nSPS) is 16.3. The van der Waals surface area contributed by atoms with Gasteiger partial charge in [0.1, 0.15) is 6.54 Å². The van der Waals surface area contributed by atoms with Crippen LogP contribution in [0.2, 0.25) is 0 Å². The van der Waals surface area contributed by atoms with E-state index >= 15 is 0 Å². The molecule has 0 aliphatic carbocycles. The van der Waals surface area contributed by atoms with Gasteiger partial charge in [0.05, 0.1) is 6.67 Å². The lowest BCUT2D eigenvalue weighted by Gasteiger charge is -2.13. The molecule has 0 unspecified atom stereocenters. The molecule has 0 aromatic heterocycles. The number of anilines is 1. The van der Waals surface area contributed by atoms with E-state index in [0.717, 1.165) is 5.69 Å². The minimum absolute atomic E-state index is 0.0288. The molecule has 1 aromatic rings. The molecule has 3 heteroatoms. The highest BCUT2D eigenvalue weighted by atomic mass is 16.2. The third kappa shape index (κ3) is 1.25. The van der Waals surface area contributed by atoms with Crippen molar-refractivity contribution in [3.05, 3.63) is 36.9 Å². The number of rotatable bonds is 1. The zero-order chi connectivity index (χ0) is 8.39. The van der Waals surface area contributed by atoms with E-state index in [9.17, 15) is 4.79 Å². The van der Waals surface area contributed by atoms with Gasteiger partial charge in [-0.2, -0.15) is 0 Å². The molecule has 0 atom stereocenters. The highest BCUT2D eigenvalue weighted by Crippen LogP contribution is 2.15. The highest BCUT2D eigenvalue weighted by molar-refractivity contribution is 5.91. The summed E-state index contributed by atoms with van der Waals surface area (Å²) in [6.07, 6.45) is 0. The predicted octanol–water partition coefficient (Wildman–Crippen LogP) is 0.742. The highest BCUT2D eigenvalue weighted by Gasteiger charge is 2.18. The first-order chi connectivity index (χ1) is 5.86. The molecule has 1 aliphatic heterocycles. The molecule has 1 heterocycles. The first-order valence-electron chi connectivity index (χ1n) is 3.81. The summed E-state index contributed by atoms with van der Waals surface area (Å²) in [5, 5.41) is 2.70. The van der Waals surface area contributed by atoms with Crippen LogP contribution in [0, 0.1) is 6.54 Å². The van der Waals surface area contributed by atoms with Gasteiger partial charge in [-0.1, -0.05) is 18.2 Å². The van der Waals surface area contributed by atoms with Crippen LogP contribution in [-0.4, -0.2) is 12.6 Å². The van der Waals surface area contributed by atoms with Crippen LogP contribution in [0.5, 0.6) is 0 Å². The smallest absolute Gasteiger partial charge is 0.246 e. The van der Waals surface area contributed by atoms with E-state index < -0.39 is 0 Å². The molecular formula is C9H9N2O. The molecule has 0 saturated carbocycles. The van der Waals surface area contributed by atoms with E-state index in [2.05, 4.69) is 5.32 Å².